The monoisotopic (exact) mass is 399 g/mol. The van der Waals surface area contributed by atoms with Crippen LogP contribution in [0.25, 0.3) is 0 Å². The molecule has 1 saturated heterocycles. The van der Waals surface area contributed by atoms with Crippen molar-refractivity contribution in [2.75, 3.05) is 40.0 Å². The van der Waals surface area contributed by atoms with Gasteiger partial charge in [0.15, 0.2) is 0 Å². The number of carbonyl (C=O) groups excluding carboxylic acids is 1. The van der Waals surface area contributed by atoms with Crippen molar-refractivity contribution in [3.63, 3.8) is 0 Å². The molecule has 3 rings (SSSR count). The van der Waals surface area contributed by atoms with Crippen LogP contribution in [0.4, 0.5) is 5.69 Å². The summed E-state index contributed by atoms with van der Waals surface area (Å²) in [5, 5.41) is 14.3. The summed E-state index contributed by atoms with van der Waals surface area (Å²) in [7, 11) is 1.61. The molecule has 1 aliphatic heterocycles. The average molecular weight is 399 g/mol. The minimum absolute atomic E-state index is 0.0716. The summed E-state index contributed by atoms with van der Waals surface area (Å²) in [5.74, 6) is 0.307. The third-order valence-electron chi connectivity index (χ3n) is 5.11. The Bertz CT molecular complexity index is 863. The number of hydrogen-bond donors (Lipinski definition) is 1. The van der Waals surface area contributed by atoms with Gasteiger partial charge in [0.1, 0.15) is 11.3 Å². The van der Waals surface area contributed by atoms with Gasteiger partial charge in [-0.25, -0.2) is 0 Å². The second-order valence-corrected chi connectivity index (χ2v) is 6.88. The Balaban J connectivity index is 1.80. The van der Waals surface area contributed by atoms with Crippen molar-refractivity contribution in [3.8, 4) is 5.75 Å². The molecule has 0 radical (unpaired) electrons. The standard InChI is InChI=1S/C21H25N3O5/c1-15-4-3-5-18(20(15)24(26)27)21(25)22-14-19(23-10-12-29-13-11-23)16-6-8-17(28-2)9-7-16/h3-9,19H,10-14H2,1-2H3,(H,22,25). The van der Waals surface area contributed by atoms with Crippen molar-refractivity contribution in [1.29, 1.82) is 0 Å². The zero-order chi connectivity index (χ0) is 20.8. The van der Waals surface area contributed by atoms with E-state index in [0.29, 0.717) is 25.3 Å². The molecule has 154 valence electrons. The maximum Gasteiger partial charge on any atom is 0.285 e. The summed E-state index contributed by atoms with van der Waals surface area (Å²) in [4.78, 5) is 25.9. The third-order valence-corrected chi connectivity index (χ3v) is 5.11. The molecule has 1 atom stereocenters. The van der Waals surface area contributed by atoms with Gasteiger partial charge in [0.25, 0.3) is 11.6 Å². The lowest BCUT2D eigenvalue weighted by molar-refractivity contribution is -0.385. The highest BCUT2D eigenvalue weighted by atomic mass is 16.6. The number of para-hydroxylation sites is 1. The van der Waals surface area contributed by atoms with Gasteiger partial charge in [-0.15, -0.1) is 0 Å². The van der Waals surface area contributed by atoms with Crippen LogP contribution in [0.5, 0.6) is 5.75 Å². The Morgan fingerprint density at radius 3 is 2.55 bits per heavy atom. The zero-order valence-corrected chi connectivity index (χ0v) is 16.6. The predicted octanol–water partition coefficient (Wildman–Crippen LogP) is 2.72. The van der Waals surface area contributed by atoms with Crippen LogP contribution in [-0.4, -0.2) is 55.7 Å². The van der Waals surface area contributed by atoms with Crippen LogP contribution in [0, 0.1) is 17.0 Å². The maximum absolute atomic E-state index is 12.8. The van der Waals surface area contributed by atoms with Crippen LogP contribution in [0.15, 0.2) is 42.5 Å². The second-order valence-electron chi connectivity index (χ2n) is 6.88. The topological polar surface area (TPSA) is 93.9 Å². The molecule has 1 unspecified atom stereocenters. The van der Waals surface area contributed by atoms with Crippen LogP contribution in [0.1, 0.15) is 27.5 Å². The molecule has 0 aliphatic carbocycles. The highest BCUT2D eigenvalue weighted by Crippen LogP contribution is 2.25. The summed E-state index contributed by atoms with van der Waals surface area (Å²) in [6.45, 7) is 4.71. The van der Waals surface area contributed by atoms with Crippen molar-refractivity contribution >= 4 is 11.6 Å². The fourth-order valence-corrected chi connectivity index (χ4v) is 3.54. The van der Waals surface area contributed by atoms with E-state index < -0.39 is 10.8 Å². The molecule has 8 nitrogen and oxygen atoms in total. The number of methoxy groups -OCH3 is 1. The summed E-state index contributed by atoms with van der Waals surface area (Å²) in [6, 6.07) is 12.4. The molecule has 8 heteroatoms. The first-order valence-electron chi connectivity index (χ1n) is 9.49. The van der Waals surface area contributed by atoms with Gasteiger partial charge in [0, 0.05) is 25.2 Å². The van der Waals surface area contributed by atoms with Gasteiger partial charge in [-0.05, 0) is 30.7 Å². The van der Waals surface area contributed by atoms with Crippen LogP contribution in [-0.2, 0) is 4.74 Å². The van der Waals surface area contributed by atoms with Gasteiger partial charge in [-0.3, -0.25) is 19.8 Å². The summed E-state index contributed by atoms with van der Waals surface area (Å²) in [6.07, 6.45) is 0. The van der Waals surface area contributed by atoms with Gasteiger partial charge in [0.2, 0.25) is 0 Å². The second kappa shape index (κ2) is 9.49. The van der Waals surface area contributed by atoms with Crippen molar-refractivity contribution in [2.45, 2.75) is 13.0 Å². The minimum Gasteiger partial charge on any atom is -0.497 e. The number of rotatable bonds is 7. The number of benzene rings is 2. The van der Waals surface area contributed by atoms with E-state index in [1.165, 1.54) is 6.07 Å². The van der Waals surface area contributed by atoms with Crippen LogP contribution in [0.2, 0.25) is 0 Å². The molecule has 2 aromatic rings. The summed E-state index contributed by atoms with van der Waals surface area (Å²) >= 11 is 0. The molecular formula is C21H25N3O5. The Morgan fingerprint density at radius 2 is 1.93 bits per heavy atom. The predicted molar refractivity (Wildman–Crippen MR) is 108 cm³/mol. The normalized spacial score (nSPS) is 15.5. The number of carbonyl (C=O) groups is 1. The van der Waals surface area contributed by atoms with Crippen molar-refractivity contribution in [1.82, 2.24) is 10.2 Å². The highest BCUT2D eigenvalue weighted by molar-refractivity contribution is 5.98. The first kappa shape index (κ1) is 20.8. The summed E-state index contributed by atoms with van der Waals surface area (Å²) in [5.41, 5.74) is 1.41. The van der Waals surface area contributed by atoms with E-state index in [1.54, 1.807) is 26.2 Å². The number of amides is 1. The number of nitrogens with one attached hydrogen (secondary N) is 1. The molecule has 0 saturated carbocycles. The SMILES string of the molecule is COc1ccc(C(CNC(=O)c2cccc(C)c2[N+](=O)[O-])N2CCOCC2)cc1. The van der Waals surface area contributed by atoms with E-state index in [0.717, 1.165) is 24.4 Å². The van der Waals surface area contributed by atoms with Crippen LogP contribution < -0.4 is 10.1 Å². The van der Waals surface area contributed by atoms with Crippen molar-refractivity contribution in [3.05, 3.63) is 69.3 Å². The van der Waals surface area contributed by atoms with Gasteiger partial charge in [-0.1, -0.05) is 24.3 Å². The Kier molecular flexibility index (Phi) is 6.79. The van der Waals surface area contributed by atoms with E-state index in [9.17, 15) is 14.9 Å². The first-order chi connectivity index (χ1) is 14.0. The number of aryl methyl sites for hydroxylation is 1. The van der Waals surface area contributed by atoms with Crippen molar-refractivity contribution in [2.24, 2.45) is 0 Å². The fourth-order valence-electron chi connectivity index (χ4n) is 3.54. The molecule has 0 spiro atoms. The molecular weight excluding hydrogens is 374 g/mol. The molecule has 29 heavy (non-hydrogen) atoms. The smallest absolute Gasteiger partial charge is 0.285 e. The van der Waals surface area contributed by atoms with Gasteiger partial charge < -0.3 is 14.8 Å². The number of nitro benzene ring substituents is 1. The molecule has 2 aromatic carbocycles. The van der Waals surface area contributed by atoms with Crippen LogP contribution >= 0.6 is 0 Å². The van der Waals surface area contributed by atoms with Gasteiger partial charge in [-0.2, -0.15) is 0 Å². The summed E-state index contributed by atoms with van der Waals surface area (Å²) < 4.78 is 10.7. The van der Waals surface area contributed by atoms with E-state index in [4.69, 9.17) is 9.47 Å². The van der Waals surface area contributed by atoms with Crippen molar-refractivity contribution < 1.29 is 19.2 Å². The quantitative estimate of drug-likeness (QED) is 0.568. The fraction of sp³-hybridized carbons (Fsp3) is 0.381. The number of nitro groups is 1. The molecule has 1 aliphatic rings. The highest BCUT2D eigenvalue weighted by Gasteiger charge is 2.26. The lowest BCUT2D eigenvalue weighted by Gasteiger charge is -2.35. The Morgan fingerprint density at radius 1 is 1.24 bits per heavy atom. The number of hydrogen-bond acceptors (Lipinski definition) is 6. The molecule has 1 heterocycles. The van der Waals surface area contributed by atoms with Gasteiger partial charge in [0.05, 0.1) is 31.3 Å². The molecule has 0 bridgehead atoms. The van der Waals surface area contributed by atoms with E-state index >= 15 is 0 Å². The number of nitrogens with zero attached hydrogens (tertiary/aromatic N) is 2. The molecule has 1 amide bonds. The maximum atomic E-state index is 12.8. The lowest BCUT2D eigenvalue weighted by Crippen LogP contribution is -2.43. The third kappa shape index (κ3) is 4.90. The van der Waals surface area contributed by atoms with E-state index in [2.05, 4.69) is 10.2 Å². The van der Waals surface area contributed by atoms with E-state index in [1.807, 2.05) is 24.3 Å². The molecule has 1 N–H and O–H groups in total. The number of morpholine rings is 1. The number of ether oxygens (including phenoxy) is 2. The molecule has 1 fully saturated rings. The average Bonchev–Trinajstić information content (AvgIpc) is 2.74. The van der Waals surface area contributed by atoms with Gasteiger partial charge >= 0.3 is 0 Å². The largest absolute Gasteiger partial charge is 0.497 e. The minimum atomic E-state index is -0.507. The Labute approximate surface area is 169 Å². The Hall–Kier alpha value is -2.97. The first-order valence-corrected chi connectivity index (χ1v) is 9.49. The zero-order valence-electron chi connectivity index (χ0n) is 16.6. The lowest BCUT2D eigenvalue weighted by atomic mass is 10.0. The molecule has 0 aromatic heterocycles. The van der Waals surface area contributed by atoms with Crippen LogP contribution in [0.3, 0.4) is 0 Å². The van der Waals surface area contributed by atoms with E-state index in [-0.39, 0.29) is 17.3 Å².